The number of thiophene rings is 1. The summed E-state index contributed by atoms with van der Waals surface area (Å²) >= 11 is 1.43. The van der Waals surface area contributed by atoms with Gasteiger partial charge in [0.05, 0.1) is 4.88 Å². The van der Waals surface area contributed by atoms with Crippen LogP contribution >= 0.6 is 11.3 Å². The summed E-state index contributed by atoms with van der Waals surface area (Å²) in [7, 11) is 1.72. The first-order valence-corrected chi connectivity index (χ1v) is 6.82. The van der Waals surface area contributed by atoms with Gasteiger partial charge in [0, 0.05) is 18.3 Å². The van der Waals surface area contributed by atoms with Crippen LogP contribution < -0.4 is 10.6 Å². The first-order valence-electron chi connectivity index (χ1n) is 5.94. The van der Waals surface area contributed by atoms with Crippen molar-refractivity contribution < 1.29 is 10.0 Å². The van der Waals surface area contributed by atoms with Crippen LogP contribution in [0.1, 0.15) is 20.8 Å². The van der Waals surface area contributed by atoms with E-state index in [1.165, 1.54) is 11.3 Å². The summed E-state index contributed by atoms with van der Waals surface area (Å²) in [6.07, 6.45) is 0. The molecule has 2 aromatic rings. The van der Waals surface area contributed by atoms with Crippen molar-refractivity contribution in [3.63, 3.8) is 0 Å². The Hall–Kier alpha value is -2.34. The van der Waals surface area contributed by atoms with Crippen LogP contribution in [0.3, 0.4) is 0 Å². The van der Waals surface area contributed by atoms with Crippen LogP contribution in [0.4, 0.5) is 5.69 Å². The van der Waals surface area contributed by atoms with Crippen molar-refractivity contribution in [3.8, 4) is 0 Å². The van der Waals surface area contributed by atoms with Crippen LogP contribution in [0.2, 0.25) is 0 Å². The largest absolute Gasteiger partial charge is 0.409 e. The van der Waals surface area contributed by atoms with Gasteiger partial charge in [0.2, 0.25) is 0 Å². The maximum atomic E-state index is 12.3. The van der Waals surface area contributed by atoms with E-state index in [1.807, 2.05) is 18.4 Å². The molecular formula is C14H15N3O2S. The van der Waals surface area contributed by atoms with E-state index in [4.69, 9.17) is 10.9 Å². The van der Waals surface area contributed by atoms with Gasteiger partial charge in [-0.15, -0.1) is 11.3 Å². The molecule has 0 saturated carbocycles. The van der Waals surface area contributed by atoms with Gasteiger partial charge in [-0.2, -0.15) is 0 Å². The minimum Gasteiger partial charge on any atom is -0.409 e. The van der Waals surface area contributed by atoms with E-state index >= 15 is 0 Å². The highest BCUT2D eigenvalue weighted by Crippen LogP contribution is 2.21. The predicted molar refractivity (Wildman–Crippen MR) is 80.7 cm³/mol. The van der Waals surface area contributed by atoms with Crippen LogP contribution in [-0.2, 0) is 0 Å². The summed E-state index contributed by atoms with van der Waals surface area (Å²) in [6, 6.07) is 8.85. The highest BCUT2D eigenvalue weighted by Gasteiger charge is 2.16. The van der Waals surface area contributed by atoms with Crippen LogP contribution in [0, 0.1) is 6.92 Å². The highest BCUT2D eigenvalue weighted by molar-refractivity contribution is 7.12. The highest BCUT2D eigenvalue weighted by atomic mass is 32.1. The van der Waals surface area contributed by atoms with Gasteiger partial charge < -0.3 is 15.8 Å². The SMILES string of the molecule is Cc1ccsc1C(=O)N(C)c1ccc(C(N)=NO)cc1. The van der Waals surface area contributed by atoms with Crippen molar-refractivity contribution in [1.29, 1.82) is 0 Å². The molecule has 0 aliphatic rings. The molecule has 1 aromatic carbocycles. The Balaban J connectivity index is 2.24. The van der Waals surface area contributed by atoms with Crippen LogP contribution in [0.15, 0.2) is 40.9 Å². The van der Waals surface area contributed by atoms with Gasteiger partial charge in [0.1, 0.15) is 0 Å². The molecule has 0 radical (unpaired) electrons. The average molecular weight is 289 g/mol. The second-order valence-corrected chi connectivity index (χ2v) is 5.25. The molecule has 1 heterocycles. The summed E-state index contributed by atoms with van der Waals surface area (Å²) in [5.41, 5.74) is 7.82. The number of nitrogens with two attached hydrogens (primary N) is 1. The Kier molecular flexibility index (Phi) is 4.05. The van der Waals surface area contributed by atoms with Gasteiger partial charge in [-0.1, -0.05) is 5.16 Å². The topological polar surface area (TPSA) is 78.9 Å². The smallest absolute Gasteiger partial charge is 0.268 e. The Bertz CT molecular complexity index is 647. The number of oxime groups is 1. The minimum atomic E-state index is -0.0472. The van der Waals surface area contributed by atoms with E-state index in [1.54, 1.807) is 36.2 Å². The molecule has 0 aliphatic heterocycles. The van der Waals surface area contributed by atoms with Crippen LogP contribution in [0.25, 0.3) is 0 Å². The van der Waals surface area contributed by atoms with Crippen molar-refractivity contribution in [1.82, 2.24) is 0 Å². The fourth-order valence-electron chi connectivity index (χ4n) is 1.77. The zero-order chi connectivity index (χ0) is 14.7. The van der Waals surface area contributed by atoms with Crippen LogP contribution in [0.5, 0.6) is 0 Å². The fraction of sp³-hybridized carbons (Fsp3) is 0.143. The number of hydrogen-bond acceptors (Lipinski definition) is 4. The van der Waals surface area contributed by atoms with Gasteiger partial charge in [0.25, 0.3) is 5.91 Å². The summed E-state index contributed by atoms with van der Waals surface area (Å²) < 4.78 is 0. The van der Waals surface area contributed by atoms with Crippen molar-refractivity contribution in [2.24, 2.45) is 10.9 Å². The lowest BCUT2D eigenvalue weighted by Crippen LogP contribution is -2.26. The summed E-state index contributed by atoms with van der Waals surface area (Å²) in [5.74, 6) is -0.00585. The molecular weight excluding hydrogens is 274 g/mol. The Morgan fingerprint density at radius 1 is 1.30 bits per heavy atom. The normalized spacial score (nSPS) is 11.4. The third-order valence-corrected chi connectivity index (χ3v) is 4.02. The molecule has 6 heteroatoms. The quantitative estimate of drug-likeness (QED) is 0.394. The molecule has 2 rings (SSSR count). The zero-order valence-corrected chi connectivity index (χ0v) is 12.0. The number of rotatable bonds is 3. The molecule has 0 aliphatic carbocycles. The van der Waals surface area contributed by atoms with Crippen molar-refractivity contribution in [3.05, 3.63) is 51.7 Å². The number of anilines is 1. The molecule has 104 valence electrons. The molecule has 1 amide bonds. The van der Waals surface area contributed by atoms with E-state index in [0.29, 0.717) is 5.56 Å². The van der Waals surface area contributed by atoms with E-state index in [0.717, 1.165) is 16.1 Å². The summed E-state index contributed by atoms with van der Waals surface area (Å²) in [4.78, 5) is 14.7. The van der Waals surface area contributed by atoms with Gasteiger partial charge in [-0.25, -0.2) is 0 Å². The van der Waals surface area contributed by atoms with E-state index in [2.05, 4.69) is 5.16 Å². The van der Waals surface area contributed by atoms with Gasteiger partial charge >= 0.3 is 0 Å². The molecule has 3 N–H and O–H groups in total. The fourth-order valence-corrected chi connectivity index (χ4v) is 2.67. The second-order valence-electron chi connectivity index (χ2n) is 4.33. The first kappa shape index (κ1) is 14.1. The lowest BCUT2D eigenvalue weighted by Gasteiger charge is -2.17. The molecule has 5 nitrogen and oxygen atoms in total. The van der Waals surface area contributed by atoms with Crippen LogP contribution in [-0.4, -0.2) is 24.0 Å². The maximum Gasteiger partial charge on any atom is 0.268 e. The van der Waals surface area contributed by atoms with E-state index < -0.39 is 0 Å². The Morgan fingerprint density at radius 3 is 2.45 bits per heavy atom. The standard InChI is InChI=1S/C14H15N3O2S/c1-9-7-8-20-12(9)14(18)17(2)11-5-3-10(4-6-11)13(15)16-19/h3-8,19H,1-2H3,(H2,15,16). The predicted octanol–water partition coefficient (Wildman–Crippen LogP) is 2.43. The average Bonchev–Trinajstić information content (AvgIpc) is 2.91. The minimum absolute atomic E-state index is 0.0413. The molecule has 0 spiro atoms. The van der Waals surface area contributed by atoms with Crippen molar-refractivity contribution in [2.75, 3.05) is 11.9 Å². The lowest BCUT2D eigenvalue weighted by molar-refractivity contribution is 0.0996. The second kappa shape index (κ2) is 5.75. The third-order valence-electron chi connectivity index (χ3n) is 3.02. The number of nitrogens with zero attached hydrogens (tertiary/aromatic N) is 2. The first-order chi connectivity index (χ1) is 9.54. The number of amides is 1. The van der Waals surface area contributed by atoms with Gasteiger partial charge in [-0.05, 0) is 48.2 Å². The maximum absolute atomic E-state index is 12.3. The lowest BCUT2D eigenvalue weighted by atomic mass is 10.1. The van der Waals surface area contributed by atoms with Crippen molar-refractivity contribution in [2.45, 2.75) is 6.92 Å². The van der Waals surface area contributed by atoms with E-state index in [9.17, 15) is 4.79 Å². The molecule has 0 saturated heterocycles. The molecule has 0 atom stereocenters. The molecule has 20 heavy (non-hydrogen) atoms. The molecule has 1 aromatic heterocycles. The number of amidine groups is 1. The molecule has 0 unspecified atom stereocenters. The van der Waals surface area contributed by atoms with Gasteiger partial charge in [-0.3, -0.25) is 4.79 Å². The zero-order valence-electron chi connectivity index (χ0n) is 11.2. The third kappa shape index (κ3) is 2.65. The number of carbonyl (C=O) groups is 1. The summed E-state index contributed by atoms with van der Waals surface area (Å²) in [5, 5.41) is 13.4. The summed E-state index contributed by atoms with van der Waals surface area (Å²) in [6.45, 7) is 1.92. The van der Waals surface area contributed by atoms with Gasteiger partial charge in [0.15, 0.2) is 5.84 Å². The number of aryl methyl sites for hydroxylation is 1. The Morgan fingerprint density at radius 2 is 1.95 bits per heavy atom. The molecule has 0 bridgehead atoms. The van der Waals surface area contributed by atoms with E-state index in [-0.39, 0.29) is 11.7 Å². The molecule has 0 fully saturated rings. The Labute approximate surface area is 120 Å². The number of benzene rings is 1. The van der Waals surface area contributed by atoms with Crippen molar-refractivity contribution >= 4 is 28.8 Å². The number of hydrogen-bond donors (Lipinski definition) is 2. The monoisotopic (exact) mass is 289 g/mol. The number of carbonyl (C=O) groups excluding carboxylic acids is 1.